The van der Waals surface area contributed by atoms with Gasteiger partial charge in [-0.3, -0.25) is 4.79 Å². The van der Waals surface area contributed by atoms with E-state index in [2.05, 4.69) is 0 Å². The van der Waals surface area contributed by atoms with Gasteiger partial charge < -0.3 is 10.5 Å². The highest BCUT2D eigenvalue weighted by Crippen LogP contribution is 2.01. The minimum absolute atomic E-state index is 0.299. The molecule has 0 bridgehead atoms. The Balaban J connectivity index is 2.38. The first-order chi connectivity index (χ1) is 6.74. The number of benzene rings is 1. The number of rotatable bonds is 4. The monoisotopic (exact) mass is 193 g/mol. The molecule has 0 spiro atoms. The Kier molecular flexibility index (Phi) is 4.13. The average Bonchev–Trinajstić information content (AvgIpc) is 2.26. The lowest BCUT2D eigenvalue weighted by molar-refractivity contribution is -0.146. The molecule has 76 valence electrons. The molecule has 0 radical (unpaired) electrons. The maximum absolute atomic E-state index is 11.2. The SMILES string of the molecule is CC[C@@H](N)C(=O)OCc1ccccc1. The van der Waals surface area contributed by atoms with Crippen LogP contribution in [-0.2, 0) is 16.1 Å². The second kappa shape index (κ2) is 5.40. The number of hydrogen-bond acceptors (Lipinski definition) is 3. The third-order valence-electron chi connectivity index (χ3n) is 1.97. The van der Waals surface area contributed by atoms with Gasteiger partial charge in [-0.1, -0.05) is 37.3 Å². The lowest BCUT2D eigenvalue weighted by Gasteiger charge is -2.08. The minimum atomic E-state index is -0.501. The first-order valence-corrected chi connectivity index (χ1v) is 4.70. The Morgan fingerprint density at radius 3 is 2.64 bits per heavy atom. The summed E-state index contributed by atoms with van der Waals surface area (Å²) in [5.41, 5.74) is 6.48. The first kappa shape index (κ1) is 10.7. The molecule has 0 aliphatic heterocycles. The van der Waals surface area contributed by atoms with Gasteiger partial charge in [0.25, 0.3) is 0 Å². The normalized spacial score (nSPS) is 12.1. The Hall–Kier alpha value is -1.35. The fourth-order valence-electron chi connectivity index (χ4n) is 1.00. The van der Waals surface area contributed by atoms with Crippen molar-refractivity contribution in [1.29, 1.82) is 0 Å². The van der Waals surface area contributed by atoms with E-state index in [1.807, 2.05) is 37.3 Å². The molecule has 0 fully saturated rings. The van der Waals surface area contributed by atoms with Gasteiger partial charge in [-0.2, -0.15) is 0 Å². The highest BCUT2D eigenvalue weighted by Gasteiger charge is 2.11. The lowest BCUT2D eigenvalue weighted by Crippen LogP contribution is -2.31. The molecule has 3 nitrogen and oxygen atoms in total. The van der Waals surface area contributed by atoms with E-state index < -0.39 is 6.04 Å². The van der Waals surface area contributed by atoms with E-state index >= 15 is 0 Å². The van der Waals surface area contributed by atoms with Crippen LogP contribution in [0.5, 0.6) is 0 Å². The second-order valence-corrected chi connectivity index (χ2v) is 3.11. The van der Waals surface area contributed by atoms with Crippen LogP contribution in [0.15, 0.2) is 30.3 Å². The molecule has 0 saturated heterocycles. The highest BCUT2D eigenvalue weighted by molar-refractivity contribution is 5.75. The summed E-state index contributed by atoms with van der Waals surface area (Å²) in [5, 5.41) is 0. The standard InChI is InChI=1S/C11H15NO2/c1-2-10(12)11(13)14-8-9-6-4-3-5-7-9/h3-7,10H,2,8,12H2,1H3/t10-/m1/s1. The van der Waals surface area contributed by atoms with E-state index in [1.165, 1.54) is 0 Å². The summed E-state index contributed by atoms with van der Waals surface area (Å²) < 4.78 is 5.02. The van der Waals surface area contributed by atoms with Crippen molar-refractivity contribution in [3.05, 3.63) is 35.9 Å². The number of carbonyl (C=O) groups is 1. The van der Waals surface area contributed by atoms with Gasteiger partial charge in [0.05, 0.1) is 0 Å². The van der Waals surface area contributed by atoms with Gasteiger partial charge in [0.15, 0.2) is 0 Å². The molecule has 0 heterocycles. The molecule has 0 aliphatic carbocycles. The molecular weight excluding hydrogens is 178 g/mol. The van der Waals surface area contributed by atoms with Crippen molar-refractivity contribution in [1.82, 2.24) is 0 Å². The molecule has 3 heteroatoms. The maximum atomic E-state index is 11.2. The van der Waals surface area contributed by atoms with E-state index in [0.717, 1.165) is 5.56 Å². The van der Waals surface area contributed by atoms with Crippen LogP contribution < -0.4 is 5.73 Å². The van der Waals surface area contributed by atoms with E-state index in [0.29, 0.717) is 13.0 Å². The molecule has 1 aromatic carbocycles. The molecule has 1 atom stereocenters. The molecule has 0 aliphatic rings. The summed E-state index contributed by atoms with van der Waals surface area (Å²) in [6.45, 7) is 2.15. The van der Waals surface area contributed by atoms with Gasteiger partial charge in [-0.05, 0) is 12.0 Å². The summed E-state index contributed by atoms with van der Waals surface area (Å²) in [4.78, 5) is 11.2. The van der Waals surface area contributed by atoms with Gasteiger partial charge in [0.1, 0.15) is 12.6 Å². The number of ether oxygens (including phenoxy) is 1. The van der Waals surface area contributed by atoms with Crippen LogP contribution in [0.25, 0.3) is 0 Å². The van der Waals surface area contributed by atoms with Gasteiger partial charge in [-0.15, -0.1) is 0 Å². The molecule has 1 rings (SSSR count). The molecular formula is C11H15NO2. The number of carbonyl (C=O) groups excluding carboxylic acids is 1. The fraction of sp³-hybridized carbons (Fsp3) is 0.364. The van der Waals surface area contributed by atoms with Crippen molar-refractivity contribution < 1.29 is 9.53 Å². The van der Waals surface area contributed by atoms with Gasteiger partial charge in [0.2, 0.25) is 0 Å². The summed E-state index contributed by atoms with van der Waals surface area (Å²) >= 11 is 0. The van der Waals surface area contributed by atoms with Crippen LogP contribution >= 0.6 is 0 Å². The van der Waals surface area contributed by atoms with Crippen molar-refractivity contribution in [2.75, 3.05) is 0 Å². The Morgan fingerprint density at radius 1 is 1.43 bits per heavy atom. The molecule has 0 saturated carbocycles. The minimum Gasteiger partial charge on any atom is -0.460 e. The first-order valence-electron chi connectivity index (χ1n) is 4.70. The molecule has 0 aromatic heterocycles. The van der Waals surface area contributed by atoms with Crippen molar-refractivity contribution in [2.45, 2.75) is 26.0 Å². The zero-order valence-electron chi connectivity index (χ0n) is 8.27. The van der Waals surface area contributed by atoms with Crippen LogP contribution in [-0.4, -0.2) is 12.0 Å². The average molecular weight is 193 g/mol. The van der Waals surface area contributed by atoms with Crippen LogP contribution in [0.1, 0.15) is 18.9 Å². The predicted octanol–water partition coefficient (Wildman–Crippen LogP) is 1.47. The van der Waals surface area contributed by atoms with Crippen LogP contribution in [0.4, 0.5) is 0 Å². The van der Waals surface area contributed by atoms with E-state index in [1.54, 1.807) is 0 Å². The number of nitrogens with two attached hydrogens (primary N) is 1. The molecule has 1 aromatic rings. The number of esters is 1. The smallest absolute Gasteiger partial charge is 0.323 e. The van der Waals surface area contributed by atoms with Crippen LogP contribution in [0, 0.1) is 0 Å². The molecule has 14 heavy (non-hydrogen) atoms. The zero-order chi connectivity index (χ0) is 10.4. The lowest BCUT2D eigenvalue weighted by atomic mass is 10.2. The Labute approximate surface area is 83.9 Å². The largest absolute Gasteiger partial charge is 0.460 e. The van der Waals surface area contributed by atoms with Gasteiger partial charge in [0, 0.05) is 0 Å². The maximum Gasteiger partial charge on any atom is 0.323 e. The number of hydrogen-bond donors (Lipinski definition) is 1. The van der Waals surface area contributed by atoms with E-state index in [-0.39, 0.29) is 5.97 Å². The third kappa shape index (κ3) is 3.18. The predicted molar refractivity (Wildman–Crippen MR) is 54.5 cm³/mol. The molecule has 2 N–H and O–H groups in total. The van der Waals surface area contributed by atoms with E-state index in [4.69, 9.17) is 10.5 Å². The highest BCUT2D eigenvalue weighted by atomic mass is 16.5. The quantitative estimate of drug-likeness (QED) is 0.737. The van der Waals surface area contributed by atoms with Crippen molar-refractivity contribution in [3.63, 3.8) is 0 Å². The second-order valence-electron chi connectivity index (χ2n) is 3.11. The topological polar surface area (TPSA) is 52.3 Å². The molecule has 0 amide bonds. The van der Waals surface area contributed by atoms with Gasteiger partial charge in [-0.25, -0.2) is 0 Å². The van der Waals surface area contributed by atoms with Crippen LogP contribution in [0.3, 0.4) is 0 Å². The summed E-state index contributed by atoms with van der Waals surface area (Å²) in [7, 11) is 0. The molecule has 0 unspecified atom stereocenters. The van der Waals surface area contributed by atoms with Crippen LogP contribution in [0.2, 0.25) is 0 Å². The zero-order valence-corrected chi connectivity index (χ0v) is 8.27. The summed E-state index contributed by atoms with van der Waals surface area (Å²) in [6, 6.07) is 9.04. The Morgan fingerprint density at radius 2 is 2.07 bits per heavy atom. The van der Waals surface area contributed by atoms with Crippen molar-refractivity contribution >= 4 is 5.97 Å². The summed E-state index contributed by atoms with van der Waals surface area (Å²) in [6.07, 6.45) is 0.605. The van der Waals surface area contributed by atoms with Crippen molar-refractivity contribution in [3.8, 4) is 0 Å². The Bertz CT molecular complexity index is 285. The van der Waals surface area contributed by atoms with Gasteiger partial charge >= 0.3 is 5.97 Å². The fourth-order valence-corrected chi connectivity index (χ4v) is 1.00. The van der Waals surface area contributed by atoms with Crippen molar-refractivity contribution in [2.24, 2.45) is 5.73 Å². The van der Waals surface area contributed by atoms with E-state index in [9.17, 15) is 4.79 Å². The summed E-state index contributed by atoms with van der Waals surface area (Å²) in [5.74, 6) is -0.337. The third-order valence-corrected chi connectivity index (χ3v) is 1.97.